The Balaban J connectivity index is 1.25. The summed E-state index contributed by atoms with van der Waals surface area (Å²) in [6, 6.07) is 33.1. The Hall–Kier alpha value is -3.96. The van der Waals surface area contributed by atoms with Crippen molar-refractivity contribution in [3.63, 3.8) is 0 Å². The van der Waals surface area contributed by atoms with E-state index in [4.69, 9.17) is 0 Å². The van der Waals surface area contributed by atoms with Crippen LogP contribution >= 0.6 is 0 Å². The van der Waals surface area contributed by atoms with E-state index in [1.54, 1.807) is 6.20 Å². The molecule has 0 radical (unpaired) electrons. The molecule has 1 fully saturated rings. The lowest BCUT2D eigenvalue weighted by Gasteiger charge is -2.38. The van der Waals surface area contributed by atoms with Gasteiger partial charge >= 0.3 is 6.03 Å². The SMILES string of the molecule is O=C(Nc1ccccc1-c1ccccc1)N(Cc1cccnc1)C1CCN(CCCc2ccccc2)CC1. The van der Waals surface area contributed by atoms with E-state index in [-0.39, 0.29) is 12.1 Å². The second-order valence-electron chi connectivity index (χ2n) is 9.99. The fourth-order valence-corrected chi connectivity index (χ4v) is 5.31. The molecular formula is C33H36N4O. The number of amides is 2. The van der Waals surface area contributed by atoms with Crippen LogP contribution in [0.3, 0.4) is 0 Å². The Bertz CT molecular complexity index is 1270. The quantitative estimate of drug-likeness (QED) is 0.270. The molecule has 2 amide bonds. The van der Waals surface area contributed by atoms with Crippen molar-refractivity contribution in [2.24, 2.45) is 0 Å². The molecule has 38 heavy (non-hydrogen) atoms. The van der Waals surface area contributed by atoms with Gasteiger partial charge < -0.3 is 15.1 Å². The van der Waals surface area contributed by atoms with Gasteiger partial charge in [-0.15, -0.1) is 0 Å². The third-order valence-electron chi connectivity index (χ3n) is 7.37. The number of pyridine rings is 1. The largest absolute Gasteiger partial charge is 0.322 e. The number of hydrogen-bond donors (Lipinski definition) is 1. The number of nitrogens with zero attached hydrogens (tertiary/aromatic N) is 3. The summed E-state index contributed by atoms with van der Waals surface area (Å²) in [7, 11) is 0. The molecule has 1 N–H and O–H groups in total. The predicted octanol–water partition coefficient (Wildman–Crippen LogP) is 6.88. The molecule has 0 atom stereocenters. The molecule has 4 aromatic rings. The molecule has 1 aromatic heterocycles. The number of benzene rings is 3. The Morgan fingerprint density at radius 2 is 1.53 bits per heavy atom. The number of rotatable bonds is 9. The van der Waals surface area contributed by atoms with E-state index in [9.17, 15) is 4.79 Å². The lowest BCUT2D eigenvalue weighted by molar-refractivity contribution is 0.122. The fourth-order valence-electron chi connectivity index (χ4n) is 5.31. The van der Waals surface area contributed by atoms with Gasteiger partial charge in [-0.05, 0) is 61.1 Å². The first kappa shape index (κ1) is 25.7. The zero-order chi connectivity index (χ0) is 26.0. The fraction of sp³-hybridized carbons (Fsp3) is 0.273. The van der Waals surface area contributed by atoms with Gasteiger partial charge in [0.2, 0.25) is 0 Å². The van der Waals surface area contributed by atoms with Crippen LogP contribution in [0.25, 0.3) is 11.1 Å². The first-order chi connectivity index (χ1) is 18.8. The molecule has 0 saturated carbocycles. The molecule has 5 rings (SSSR count). The van der Waals surface area contributed by atoms with Crippen LogP contribution in [0.5, 0.6) is 0 Å². The molecule has 0 spiro atoms. The van der Waals surface area contributed by atoms with E-state index in [1.807, 2.05) is 59.6 Å². The van der Waals surface area contributed by atoms with E-state index >= 15 is 0 Å². The molecule has 0 unspecified atom stereocenters. The van der Waals surface area contributed by atoms with Gasteiger partial charge in [0.25, 0.3) is 0 Å². The maximum Gasteiger partial charge on any atom is 0.322 e. The van der Waals surface area contributed by atoms with Crippen LogP contribution in [0.2, 0.25) is 0 Å². The van der Waals surface area contributed by atoms with Crippen LogP contribution in [-0.2, 0) is 13.0 Å². The number of carbonyl (C=O) groups is 1. The normalized spacial score (nSPS) is 14.2. The summed E-state index contributed by atoms with van der Waals surface area (Å²) < 4.78 is 0. The highest BCUT2D eigenvalue weighted by Gasteiger charge is 2.28. The number of aromatic nitrogens is 1. The number of nitrogens with one attached hydrogen (secondary N) is 1. The standard InChI is InChI=1S/C33H36N4O/c38-33(35-32-18-8-7-17-31(32)29-15-5-2-6-16-29)37(26-28-13-9-21-34-25-28)30-19-23-36(24-20-30)22-10-14-27-11-3-1-4-12-27/h1-9,11-13,15-18,21,25,30H,10,14,19-20,22-24,26H2,(H,35,38). The highest BCUT2D eigenvalue weighted by atomic mass is 16.2. The van der Waals surface area contributed by atoms with E-state index in [1.165, 1.54) is 5.56 Å². The van der Waals surface area contributed by atoms with Crippen LogP contribution < -0.4 is 5.32 Å². The van der Waals surface area contributed by atoms with E-state index in [0.717, 1.165) is 67.7 Å². The molecular weight excluding hydrogens is 468 g/mol. The highest BCUT2D eigenvalue weighted by Crippen LogP contribution is 2.29. The minimum atomic E-state index is -0.0558. The summed E-state index contributed by atoms with van der Waals surface area (Å²) in [6.45, 7) is 3.67. The molecule has 1 aliphatic rings. The van der Waals surface area contributed by atoms with Crippen molar-refractivity contribution < 1.29 is 4.79 Å². The maximum atomic E-state index is 13.8. The van der Waals surface area contributed by atoms with Gasteiger partial charge in [-0.2, -0.15) is 0 Å². The van der Waals surface area contributed by atoms with Crippen LogP contribution in [0.15, 0.2) is 109 Å². The number of carbonyl (C=O) groups excluding carboxylic acids is 1. The van der Waals surface area contributed by atoms with Gasteiger partial charge in [-0.3, -0.25) is 4.98 Å². The summed E-state index contributed by atoms with van der Waals surface area (Å²) in [4.78, 5) is 22.6. The van der Waals surface area contributed by atoms with Crippen molar-refractivity contribution in [3.8, 4) is 11.1 Å². The lowest BCUT2D eigenvalue weighted by Crippen LogP contribution is -2.48. The van der Waals surface area contributed by atoms with E-state index in [2.05, 4.69) is 63.7 Å². The van der Waals surface area contributed by atoms with Crippen LogP contribution in [-0.4, -0.2) is 46.5 Å². The van der Waals surface area contributed by atoms with Gasteiger partial charge in [0.1, 0.15) is 0 Å². The average Bonchev–Trinajstić information content (AvgIpc) is 2.98. The topological polar surface area (TPSA) is 48.5 Å². The summed E-state index contributed by atoms with van der Waals surface area (Å²) >= 11 is 0. The van der Waals surface area contributed by atoms with Crippen molar-refractivity contribution in [3.05, 3.63) is 121 Å². The number of piperidine rings is 1. The Kier molecular flexibility index (Phi) is 8.80. The summed E-state index contributed by atoms with van der Waals surface area (Å²) in [6.07, 6.45) is 7.84. The maximum absolute atomic E-state index is 13.8. The van der Waals surface area contributed by atoms with Gasteiger partial charge in [0.05, 0.1) is 5.69 Å². The minimum Gasteiger partial charge on any atom is -0.317 e. The highest BCUT2D eigenvalue weighted by molar-refractivity contribution is 5.94. The van der Waals surface area contributed by atoms with Crippen molar-refractivity contribution in [1.29, 1.82) is 0 Å². The predicted molar refractivity (Wildman–Crippen MR) is 155 cm³/mol. The summed E-state index contributed by atoms with van der Waals surface area (Å²) in [5.41, 5.74) is 5.39. The number of urea groups is 1. The van der Waals surface area contributed by atoms with Gasteiger partial charge in [0.15, 0.2) is 0 Å². The van der Waals surface area contributed by atoms with E-state index in [0.29, 0.717) is 6.54 Å². The van der Waals surface area contributed by atoms with Gasteiger partial charge in [-0.25, -0.2) is 4.79 Å². The van der Waals surface area contributed by atoms with Gasteiger partial charge in [-0.1, -0.05) is 84.9 Å². The van der Waals surface area contributed by atoms with Crippen molar-refractivity contribution >= 4 is 11.7 Å². The Morgan fingerprint density at radius 3 is 2.26 bits per heavy atom. The molecule has 194 valence electrons. The van der Waals surface area contributed by atoms with Crippen molar-refractivity contribution in [1.82, 2.24) is 14.8 Å². The zero-order valence-electron chi connectivity index (χ0n) is 21.9. The third-order valence-corrected chi connectivity index (χ3v) is 7.37. The zero-order valence-corrected chi connectivity index (χ0v) is 21.9. The van der Waals surface area contributed by atoms with Crippen LogP contribution in [0.1, 0.15) is 30.4 Å². The molecule has 1 saturated heterocycles. The van der Waals surface area contributed by atoms with Crippen molar-refractivity contribution in [2.45, 2.75) is 38.3 Å². The molecule has 3 aromatic carbocycles. The Labute approximate surface area is 226 Å². The summed E-state index contributed by atoms with van der Waals surface area (Å²) in [5, 5.41) is 3.24. The first-order valence-corrected chi connectivity index (χ1v) is 13.6. The second-order valence-corrected chi connectivity index (χ2v) is 9.99. The smallest absolute Gasteiger partial charge is 0.317 e. The van der Waals surface area contributed by atoms with Crippen molar-refractivity contribution in [2.75, 3.05) is 25.0 Å². The number of para-hydroxylation sites is 1. The second kappa shape index (κ2) is 13.0. The first-order valence-electron chi connectivity index (χ1n) is 13.6. The van der Waals surface area contributed by atoms with Crippen LogP contribution in [0.4, 0.5) is 10.5 Å². The monoisotopic (exact) mass is 504 g/mol. The lowest BCUT2D eigenvalue weighted by atomic mass is 10.0. The number of hydrogen-bond acceptors (Lipinski definition) is 3. The molecule has 5 heteroatoms. The van der Waals surface area contributed by atoms with Gasteiger partial charge in [0, 0.05) is 43.6 Å². The Morgan fingerprint density at radius 1 is 0.842 bits per heavy atom. The molecule has 0 bridgehead atoms. The molecule has 5 nitrogen and oxygen atoms in total. The summed E-state index contributed by atoms with van der Waals surface area (Å²) in [5.74, 6) is 0. The number of anilines is 1. The molecule has 0 aliphatic carbocycles. The molecule has 1 aliphatic heterocycles. The molecule has 2 heterocycles. The third kappa shape index (κ3) is 6.87. The van der Waals surface area contributed by atoms with Crippen LogP contribution in [0, 0.1) is 0 Å². The number of likely N-dealkylation sites (tertiary alicyclic amines) is 1. The van der Waals surface area contributed by atoms with E-state index < -0.39 is 0 Å². The average molecular weight is 505 g/mol. The minimum absolute atomic E-state index is 0.0558. The number of aryl methyl sites for hydroxylation is 1.